The van der Waals surface area contributed by atoms with Crippen LogP contribution in [0.4, 0.5) is 11.4 Å². The molecule has 0 fully saturated rings. The Bertz CT molecular complexity index is 784. The highest BCUT2D eigenvalue weighted by molar-refractivity contribution is 6.33. The second-order valence-corrected chi connectivity index (χ2v) is 4.78. The lowest BCUT2D eigenvalue weighted by Crippen LogP contribution is -2.13. The smallest absolute Gasteiger partial charge is 0.255 e. The van der Waals surface area contributed by atoms with Gasteiger partial charge in [-0.05, 0) is 30.3 Å². The van der Waals surface area contributed by atoms with E-state index in [1.165, 1.54) is 25.1 Å². The van der Waals surface area contributed by atoms with Crippen molar-refractivity contribution in [3.63, 3.8) is 0 Å². The number of carbonyl (C=O) groups excluding carboxylic acids is 4. The number of Topliss-reactive ketones (excluding diaryl/α,β-unsaturated/α-hetero) is 1. The minimum absolute atomic E-state index is 0.199. The molecule has 0 saturated carbocycles. The molecule has 23 heavy (non-hydrogen) atoms. The minimum atomic E-state index is -0.659. The van der Waals surface area contributed by atoms with E-state index < -0.39 is 11.7 Å². The van der Waals surface area contributed by atoms with Crippen LogP contribution in [0.3, 0.4) is 0 Å². The topological polar surface area (TPSA) is 92.3 Å². The number of aldehydes is 1. The van der Waals surface area contributed by atoms with Crippen LogP contribution in [0.15, 0.2) is 48.5 Å². The maximum Gasteiger partial charge on any atom is 0.255 e. The number of nitrogens with one attached hydrogen (secondary N) is 2. The summed E-state index contributed by atoms with van der Waals surface area (Å²) in [6, 6.07) is 12.5. The fourth-order valence-electron chi connectivity index (χ4n) is 1.96. The van der Waals surface area contributed by atoms with Crippen molar-refractivity contribution in [1.29, 1.82) is 0 Å². The van der Waals surface area contributed by atoms with Crippen molar-refractivity contribution >= 4 is 35.3 Å². The minimum Gasteiger partial charge on any atom is -0.326 e. The summed E-state index contributed by atoms with van der Waals surface area (Å²) in [5.41, 5.74) is 1.45. The summed E-state index contributed by atoms with van der Waals surface area (Å²) in [4.78, 5) is 45.1. The third-order valence-corrected chi connectivity index (χ3v) is 2.96. The third kappa shape index (κ3) is 4.34. The number of anilines is 2. The Kier molecular flexibility index (Phi) is 4.99. The van der Waals surface area contributed by atoms with Crippen molar-refractivity contribution in [3.8, 4) is 0 Å². The lowest BCUT2D eigenvalue weighted by molar-refractivity contribution is -0.114. The lowest BCUT2D eigenvalue weighted by atomic mass is 10.1. The van der Waals surface area contributed by atoms with Crippen molar-refractivity contribution in [2.45, 2.75) is 6.92 Å². The Morgan fingerprint density at radius 2 is 1.43 bits per heavy atom. The van der Waals surface area contributed by atoms with Gasteiger partial charge in [0.15, 0.2) is 6.29 Å². The summed E-state index contributed by atoms with van der Waals surface area (Å²) in [6.45, 7) is 1.38. The van der Waals surface area contributed by atoms with Crippen molar-refractivity contribution in [2.24, 2.45) is 0 Å². The zero-order valence-corrected chi connectivity index (χ0v) is 12.3. The molecule has 0 aromatic heterocycles. The van der Waals surface area contributed by atoms with E-state index in [4.69, 9.17) is 0 Å². The van der Waals surface area contributed by atoms with Gasteiger partial charge >= 0.3 is 0 Å². The first-order valence-electron chi connectivity index (χ1n) is 6.78. The van der Waals surface area contributed by atoms with Gasteiger partial charge in [-0.1, -0.05) is 18.2 Å². The first-order chi connectivity index (χ1) is 11.0. The number of benzene rings is 2. The Morgan fingerprint density at radius 3 is 2.04 bits per heavy atom. The number of amides is 2. The molecule has 0 spiro atoms. The molecule has 116 valence electrons. The number of carbonyl (C=O) groups is 4. The second-order valence-electron chi connectivity index (χ2n) is 4.78. The molecule has 0 bridgehead atoms. The first kappa shape index (κ1) is 16.1. The van der Waals surface area contributed by atoms with Gasteiger partial charge in [0.1, 0.15) is 0 Å². The Labute approximate surface area is 132 Å². The largest absolute Gasteiger partial charge is 0.326 e. The SMILES string of the molecule is CC(=O)Nc1cccc(C(=O)Nc2cccc(C(=O)C=O)c2)c1. The molecule has 0 atom stereocenters. The van der Waals surface area contributed by atoms with Gasteiger partial charge in [0.25, 0.3) is 5.91 Å². The molecule has 6 heteroatoms. The summed E-state index contributed by atoms with van der Waals surface area (Å²) in [5.74, 6) is -1.29. The van der Waals surface area contributed by atoms with Gasteiger partial charge in [-0.3, -0.25) is 19.2 Å². The van der Waals surface area contributed by atoms with E-state index in [2.05, 4.69) is 10.6 Å². The zero-order chi connectivity index (χ0) is 16.8. The number of hydrogen-bond acceptors (Lipinski definition) is 4. The van der Waals surface area contributed by atoms with Crippen LogP contribution in [0, 0.1) is 0 Å². The highest BCUT2D eigenvalue weighted by Gasteiger charge is 2.09. The van der Waals surface area contributed by atoms with Crippen LogP contribution >= 0.6 is 0 Å². The lowest BCUT2D eigenvalue weighted by Gasteiger charge is -2.08. The molecule has 2 aromatic rings. The van der Waals surface area contributed by atoms with Gasteiger partial charge in [-0.15, -0.1) is 0 Å². The van der Waals surface area contributed by atoms with E-state index in [1.807, 2.05) is 0 Å². The Morgan fingerprint density at radius 1 is 0.870 bits per heavy atom. The monoisotopic (exact) mass is 310 g/mol. The first-order valence-corrected chi connectivity index (χ1v) is 6.78. The normalized spacial score (nSPS) is 9.78. The van der Waals surface area contributed by atoms with Crippen LogP contribution in [0.1, 0.15) is 27.6 Å². The average molecular weight is 310 g/mol. The molecule has 2 N–H and O–H groups in total. The fraction of sp³-hybridized carbons (Fsp3) is 0.0588. The average Bonchev–Trinajstić information content (AvgIpc) is 2.54. The molecular formula is C17H14N2O4. The molecule has 0 unspecified atom stereocenters. The summed E-state index contributed by atoms with van der Waals surface area (Å²) in [7, 11) is 0. The van der Waals surface area contributed by atoms with E-state index in [9.17, 15) is 19.2 Å². The van der Waals surface area contributed by atoms with Gasteiger partial charge in [-0.2, -0.15) is 0 Å². The zero-order valence-electron chi connectivity index (χ0n) is 12.3. The predicted octanol–water partition coefficient (Wildman–Crippen LogP) is 2.28. The van der Waals surface area contributed by atoms with Crippen LogP contribution in [0.25, 0.3) is 0 Å². The van der Waals surface area contributed by atoms with Crippen molar-refractivity contribution in [1.82, 2.24) is 0 Å². The highest BCUT2D eigenvalue weighted by atomic mass is 16.2. The Hall–Kier alpha value is -3.28. The maximum atomic E-state index is 12.2. The van der Waals surface area contributed by atoms with Crippen LogP contribution < -0.4 is 10.6 Å². The quantitative estimate of drug-likeness (QED) is 0.503. The van der Waals surface area contributed by atoms with Gasteiger partial charge in [0, 0.05) is 29.4 Å². The molecular weight excluding hydrogens is 296 g/mol. The van der Waals surface area contributed by atoms with Crippen LogP contribution in [-0.4, -0.2) is 23.9 Å². The van der Waals surface area contributed by atoms with Gasteiger partial charge in [0.2, 0.25) is 11.7 Å². The molecule has 6 nitrogen and oxygen atoms in total. The van der Waals surface area contributed by atoms with E-state index in [0.717, 1.165) is 0 Å². The molecule has 0 aliphatic rings. The molecule has 2 amide bonds. The summed E-state index contributed by atoms with van der Waals surface area (Å²) < 4.78 is 0. The molecule has 0 aliphatic carbocycles. The third-order valence-electron chi connectivity index (χ3n) is 2.96. The standard InChI is InChI=1S/C17H14N2O4/c1-11(21)18-14-6-3-5-13(9-14)17(23)19-15-7-2-4-12(8-15)16(22)10-20/h2-10H,1H3,(H,18,21)(H,19,23). The van der Waals surface area contributed by atoms with Gasteiger partial charge < -0.3 is 10.6 Å². The summed E-state index contributed by atoms with van der Waals surface area (Å²) in [6.07, 6.45) is 0.220. The molecule has 0 radical (unpaired) electrons. The van der Waals surface area contributed by atoms with Gasteiger partial charge in [-0.25, -0.2) is 0 Å². The second kappa shape index (κ2) is 7.13. The van der Waals surface area contributed by atoms with Crippen molar-refractivity contribution < 1.29 is 19.2 Å². The number of hydrogen-bond donors (Lipinski definition) is 2. The van der Waals surface area contributed by atoms with Crippen molar-refractivity contribution in [3.05, 3.63) is 59.7 Å². The molecule has 0 saturated heterocycles. The Balaban J connectivity index is 2.17. The van der Waals surface area contributed by atoms with Gasteiger partial charge in [0.05, 0.1) is 0 Å². The molecule has 2 aromatic carbocycles. The van der Waals surface area contributed by atoms with Crippen LogP contribution in [0.5, 0.6) is 0 Å². The molecule has 2 rings (SSSR count). The van der Waals surface area contributed by atoms with E-state index in [-0.39, 0.29) is 17.8 Å². The maximum absolute atomic E-state index is 12.2. The number of rotatable bonds is 5. The van der Waals surface area contributed by atoms with Crippen LogP contribution in [0.2, 0.25) is 0 Å². The highest BCUT2D eigenvalue weighted by Crippen LogP contribution is 2.15. The van der Waals surface area contributed by atoms with E-state index >= 15 is 0 Å². The molecule has 0 aliphatic heterocycles. The molecule has 0 heterocycles. The van der Waals surface area contributed by atoms with E-state index in [0.29, 0.717) is 16.9 Å². The number of ketones is 1. The van der Waals surface area contributed by atoms with E-state index in [1.54, 1.807) is 30.3 Å². The summed E-state index contributed by atoms with van der Waals surface area (Å²) >= 11 is 0. The summed E-state index contributed by atoms with van der Waals surface area (Å²) in [5, 5.41) is 5.23. The predicted molar refractivity (Wildman–Crippen MR) is 85.5 cm³/mol. The van der Waals surface area contributed by atoms with Crippen LogP contribution in [-0.2, 0) is 9.59 Å². The fourth-order valence-corrected chi connectivity index (χ4v) is 1.96. The van der Waals surface area contributed by atoms with Crippen molar-refractivity contribution in [2.75, 3.05) is 10.6 Å².